The van der Waals surface area contributed by atoms with Crippen LogP contribution in [0.3, 0.4) is 0 Å². The third-order valence-electron chi connectivity index (χ3n) is 4.43. The van der Waals surface area contributed by atoms with E-state index in [0.717, 1.165) is 22.4 Å². The maximum Gasteiger partial charge on any atom is 0.266 e. The van der Waals surface area contributed by atoms with Crippen LogP contribution in [0.2, 0.25) is 5.02 Å². The summed E-state index contributed by atoms with van der Waals surface area (Å²) >= 11 is 6.11. The normalized spacial score (nSPS) is 11.0. The Hall–Kier alpha value is -2.91. The van der Waals surface area contributed by atoms with Gasteiger partial charge in [0.25, 0.3) is 5.56 Å². The number of halogens is 1. The zero-order chi connectivity index (χ0) is 18.3. The lowest BCUT2D eigenvalue weighted by Crippen LogP contribution is -2.22. The molecule has 3 aromatic carbocycles. The SMILES string of the molecule is Cc1ccc(-c2nc3ccc(Cl)cc3c(=O)n2-c2ccc(C)cc2)cc1. The van der Waals surface area contributed by atoms with E-state index in [-0.39, 0.29) is 5.56 Å². The molecular formula is C22H17ClN2O. The van der Waals surface area contributed by atoms with Crippen molar-refractivity contribution in [1.82, 2.24) is 9.55 Å². The highest BCUT2D eigenvalue weighted by atomic mass is 35.5. The van der Waals surface area contributed by atoms with Crippen molar-refractivity contribution < 1.29 is 0 Å². The molecule has 1 aromatic heterocycles. The smallest absolute Gasteiger partial charge is 0.266 e. The number of benzene rings is 3. The molecule has 0 N–H and O–H groups in total. The van der Waals surface area contributed by atoms with Crippen molar-refractivity contribution in [3.8, 4) is 17.1 Å². The highest BCUT2D eigenvalue weighted by Gasteiger charge is 2.14. The van der Waals surface area contributed by atoms with E-state index in [4.69, 9.17) is 16.6 Å². The van der Waals surface area contributed by atoms with Gasteiger partial charge in [0.15, 0.2) is 0 Å². The first-order valence-electron chi connectivity index (χ1n) is 8.39. The van der Waals surface area contributed by atoms with Crippen molar-refractivity contribution in [2.75, 3.05) is 0 Å². The first-order valence-corrected chi connectivity index (χ1v) is 8.77. The van der Waals surface area contributed by atoms with Crippen LogP contribution in [0.4, 0.5) is 0 Å². The Bertz CT molecular complexity index is 1160. The quantitative estimate of drug-likeness (QED) is 0.484. The molecule has 0 aliphatic rings. The Morgan fingerprint density at radius 3 is 2.12 bits per heavy atom. The van der Waals surface area contributed by atoms with Crippen molar-refractivity contribution in [2.24, 2.45) is 0 Å². The summed E-state index contributed by atoms with van der Waals surface area (Å²) in [6, 6.07) is 21.1. The van der Waals surface area contributed by atoms with E-state index in [2.05, 4.69) is 0 Å². The first-order chi connectivity index (χ1) is 12.5. The highest BCUT2D eigenvalue weighted by Crippen LogP contribution is 2.24. The second-order valence-corrected chi connectivity index (χ2v) is 6.88. The predicted octanol–water partition coefficient (Wildman–Crippen LogP) is 5.32. The predicted molar refractivity (Wildman–Crippen MR) is 107 cm³/mol. The molecule has 128 valence electrons. The number of rotatable bonds is 2. The minimum absolute atomic E-state index is 0.128. The third kappa shape index (κ3) is 2.91. The highest BCUT2D eigenvalue weighted by molar-refractivity contribution is 6.31. The summed E-state index contributed by atoms with van der Waals surface area (Å²) in [7, 11) is 0. The van der Waals surface area contributed by atoms with Gasteiger partial charge in [0, 0.05) is 10.6 Å². The van der Waals surface area contributed by atoms with E-state index in [1.807, 2.05) is 62.4 Å². The summed E-state index contributed by atoms with van der Waals surface area (Å²) in [6.45, 7) is 4.05. The van der Waals surface area contributed by atoms with Gasteiger partial charge in [-0.05, 0) is 44.2 Å². The van der Waals surface area contributed by atoms with Gasteiger partial charge in [-0.15, -0.1) is 0 Å². The first kappa shape index (κ1) is 16.6. The molecule has 0 unspecified atom stereocenters. The van der Waals surface area contributed by atoms with Gasteiger partial charge in [0.05, 0.1) is 16.6 Å². The van der Waals surface area contributed by atoms with Crippen molar-refractivity contribution in [3.05, 3.63) is 93.2 Å². The summed E-state index contributed by atoms with van der Waals surface area (Å²) in [5.74, 6) is 0.619. The van der Waals surface area contributed by atoms with Crippen LogP contribution in [0.25, 0.3) is 28.0 Å². The molecule has 0 fully saturated rings. The molecule has 0 spiro atoms. The average Bonchev–Trinajstić information content (AvgIpc) is 2.64. The van der Waals surface area contributed by atoms with Gasteiger partial charge in [0.1, 0.15) is 5.82 Å². The molecular weight excluding hydrogens is 344 g/mol. The van der Waals surface area contributed by atoms with Crippen LogP contribution in [-0.4, -0.2) is 9.55 Å². The van der Waals surface area contributed by atoms with Crippen LogP contribution in [0.1, 0.15) is 11.1 Å². The van der Waals surface area contributed by atoms with Crippen LogP contribution in [-0.2, 0) is 0 Å². The van der Waals surface area contributed by atoms with Crippen LogP contribution < -0.4 is 5.56 Å². The van der Waals surface area contributed by atoms with E-state index >= 15 is 0 Å². The van der Waals surface area contributed by atoms with Crippen LogP contribution in [0.5, 0.6) is 0 Å². The van der Waals surface area contributed by atoms with Crippen LogP contribution >= 0.6 is 11.6 Å². The Kier molecular flexibility index (Phi) is 4.09. The number of fused-ring (bicyclic) bond motifs is 1. The molecule has 1 heterocycles. The Balaban J connectivity index is 2.09. The largest absolute Gasteiger partial charge is 0.268 e. The average molecular weight is 361 g/mol. The summed E-state index contributed by atoms with van der Waals surface area (Å²) < 4.78 is 1.66. The molecule has 4 heteroatoms. The number of hydrogen-bond donors (Lipinski definition) is 0. The zero-order valence-electron chi connectivity index (χ0n) is 14.5. The van der Waals surface area contributed by atoms with Crippen LogP contribution in [0, 0.1) is 13.8 Å². The number of hydrogen-bond acceptors (Lipinski definition) is 2. The fourth-order valence-electron chi connectivity index (χ4n) is 2.99. The van der Waals surface area contributed by atoms with E-state index in [1.54, 1.807) is 22.8 Å². The monoisotopic (exact) mass is 360 g/mol. The maximum atomic E-state index is 13.3. The third-order valence-corrected chi connectivity index (χ3v) is 4.67. The lowest BCUT2D eigenvalue weighted by Gasteiger charge is -2.14. The van der Waals surface area contributed by atoms with Crippen molar-refractivity contribution >= 4 is 22.5 Å². The van der Waals surface area contributed by atoms with Crippen molar-refractivity contribution in [2.45, 2.75) is 13.8 Å². The summed E-state index contributed by atoms with van der Waals surface area (Å²) in [6.07, 6.45) is 0. The maximum absolute atomic E-state index is 13.3. The molecule has 0 aliphatic carbocycles. The summed E-state index contributed by atoms with van der Waals surface area (Å²) in [5, 5.41) is 1.03. The van der Waals surface area contributed by atoms with Crippen molar-refractivity contribution in [3.63, 3.8) is 0 Å². The number of nitrogens with zero attached hydrogens (tertiary/aromatic N) is 2. The summed E-state index contributed by atoms with van der Waals surface area (Å²) in [5.41, 5.74) is 4.48. The minimum atomic E-state index is -0.128. The number of aryl methyl sites for hydroxylation is 2. The lowest BCUT2D eigenvalue weighted by atomic mass is 10.1. The fraction of sp³-hybridized carbons (Fsp3) is 0.0909. The second-order valence-electron chi connectivity index (χ2n) is 6.44. The van der Waals surface area contributed by atoms with E-state index in [1.165, 1.54) is 0 Å². The molecule has 0 saturated heterocycles. The van der Waals surface area contributed by atoms with Gasteiger partial charge in [-0.1, -0.05) is 59.1 Å². The molecule has 0 radical (unpaired) electrons. The molecule has 4 rings (SSSR count). The van der Waals surface area contributed by atoms with E-state index in [0.29, 0.717) is 21.7 Å². The second kappa shape index (κ2) is 6.43. The van der Waals surface area contributed by atoms with Gasteiger partial charge in [-0.2, -0.15) is 0 Å². The number of aromatic nitrogens is 2. The standard InChI is InChI=1S/C22H17ClN2O/c1-14-3-7-16(8-4-14)21-24-20-12-9-17(23)13-19(20)22(26)25(21)18-10-5-15(2)6-11-18/h3-13H,1-2H3. The summed E-state index contributed by atoms with van der Waals surface area (Å²) in [4.78, 5) is 18.1. The lowest BCUT2D eigenvalue weighted by molar-refractivity contribution is 0.974. The molecule has 26 heavy (non-hydrogen) atoms. The molecule has 0 atom stereocenters. The topological polar surface area (TPSA) is 34.9 Å². The van der Waals surface area contributed by atoms with Gasteiger partial charge in [-0.3, -0.25) is 9.36 Å². The Labute approximate surface area is 156 Å². The molecule has 0 amide bonds. The van der Waals surface area contributed by atoms with Gasteiger partial charge in [0.2, 0.25) is 0 Å². The molecule has 0 saturated carbocycles. The Morgan fingerprint density at radius 2 is 1.46 bits per heavy atom. The van der Waals surface area contributed by atoms with Gasteiger partial charge in [-0.25, -0.2) is 4.98 Å². The molecule has 0 bridgehead atoms. The van der Waals surface area contributed by atoms with E-state index < -0.39 is 0 Å². The van der Waals surface area contributed by atoms with Gasteiger partial charge >= 0.3 is 0 Å². The van der Waals surface area contributed by atoms with Crippen molar-refractivity contribution in [1.29, 1.82) is 0 Å². The fourth-order valence-corrected chi connectivity index (χ4v) is 3.16. The molecule has 4 aromatic rings. The minimum Gasteiger partial charge on any atom is -0.268 e. The molecule has 0 aliphatic heterocycles. The zero-order valence-corrected chi connectivity index (χ0v) is 15.3. The Morgan fingerprint density at radius 1 is 0.846 bits per heavy atom. The molecule has 3 nitrogen and oxygen atoms in total. The van der Waals surface area contributed by atoms with Gasteiger partial charge < -0.3 is 0 Å². The van der Waals surface area contributed by atoms with Crippen LogP contribution in [0.15, 0.2) is 71.5 Å². The van der Waals surface area contributed by atoms with E-state index in [9.17, 15) is 4.79 Å².